The number of rotatable bonds is 2. The van der Waals surface area contributed by atoms with E-state index in [-0.39, 0.29) is 16.4 Å². The molecule has 1 aromatic carbocycles. The first kappa shape index (κ1) is 11.6. The molecule has 0 atom stereocenters. The lowest BCUT2D eigenvalue weighted by Gasteiger charge is -1.95. The van der Waals surface area contributed by atoms with Crippen molar-refractivity contribution in [1.29, 1.82) is 0 Å². The third-order valence-corrected chi connectivity index (χ3v) is 3.07. The van der Waals surface area contributed by atoms with Gasteiger partial charge in [-0.15, -0.1) is 8.13 Å². The van der Waals surface area contributed by atoms with Gasteiger partial charge in [-0.05, 0) is 12.1 Å². The maximum Gasteiger partial charge on any atom is 0.279 e. The van der Waals surface area contributed by atoms with Crippen LogP contribution in [0.5, 0.6) is 0 Å². The fourth-order valence-electron chi connectivity index (χ4n) is 1.04. The molecule has 17 heavy (non-hydrogen) atoms. The van der Waals surface area contributed by atoms with Gasteiger partial charge in [0.05, 0.1) is 28.2 Å². The average molecular weight is 268 g/mol. The summed E-state index contributed by atoms with van der Waals surface area (Å²) in [5, 5.41) is 10.7. The highest BCUT2D eigenvalue weighted by Gasteiger charge is 2.11. The molecule has 9 heteroatoms. The van der Waals surface area contributed by atoms with Gasteiger partial charge in [0.25, 0.3) is 11.6 Å². The normalized spacial score (nSPS) is 15.9. The quantitative estimate of drug-likeness (QED) is 0.466. The second-order valence-electron chi connectivity index (χ2n) is 2.84. The van der Waals surface area contributed by atoms with Gasteiger partial charge in [-0.25, -0.2) is 0 Å². The minimum absolute atomic E-state index is 0.0697. The van der Waals surface area contributed by atoms with Gasteiger partial charge in [-0.3, -0.25) is 14.9 Å². The molecule has 0 N–H and O–H groups in total. The SMILES string of the molecule is O=C(N=C1N=S=NS1)c1ccc([N+](=O)[O-])cc1. The number of benzene rings is 1. The predicted molar refractivity (Wildman–Crippen MR) is 64.7 cm³/mol. The molecule has 0 saturated carbocycles. The second-order valence-corrected chi connectivity index (χ2v) is 4.33. The van der Waals surface area contributed by atoms with E-state index in [4.69, 9.17) is 0 Å². The van der Waals surface area contributed by atoms with Crippen molar-refractivity contribution in [3.05, 3.63) is 39.9 Å². The molecule has 0 saturated heterocycles. The highest BCUT2D eigenvalue weighted by molar-refractivity contribution is 8.16. The van der Waals surface area contributed by atoms with E-state index in [0.717, 1.165) is 23.3 Å². The Balaban J connectivity index is 2.17. The summed E-state index contributed by atoms with van der Waals surface area (Å²) >= 11 is 1.98. The number of amidine groups is 1. The second kappa shape index (κ2) is 4.97. The van der Waals surface area contributed by atoms with Crippen molar-refractivity contribution in [3.8, 4) is 0 Å². The number of carbonyl (C=O) groups excluding carboxylic acids is 1. The smallest absolute Gasteiger partial charge is 0.267 e. The lowest BCUT2D eigenvalue weighted by atomic mass is 10.2. The van der Waals surface area contributed by atoms with E-state index in [1.165, 1.54) is 24.3 Å². The summed E-state index contributed by atoms with van der Waals surface area (Å²) < 4.78 is 7.52. The number of hydrogen-bond donors (Lipinski definition) is 0. The summed E-state index contributed by atoms with van der Waals surface area (Å²) in [4.78, 5) is 25.2. The van der Waals surface area contributed by atoms with Crippen molar-refractivity contribution < 1.29 is 9.72 Å². The van der Waals surface area contributed by atoms with E-state index in [9.17, 15) is 14.9 Å². The molecule has 0 aromatic heterocycles. The van der Waals surface area contributed by atoms with Gasteiger partial charge in [0.1, 0.15) is 0 Å². The van der Waals surface area contributed by atoms with Crippen molar-refractivity contribution in [3.63, 3.8) is 0 Å². The minimum Gasteiger partial charge on any atom is -0.267 e. The van der Waals surface area contributed by atoms with Crippen molar-refractivity contribution in [2.24, 2.45) is 13.1 Å². The van der Waals surface area contributed by atoms with Crippen LogP contribution in [0, 0.1) is 10.1 Å². The molecule has 1 aliphatic heterocycles. The van der Waals surface area contributed by atoms with Crippen molar-refractivity contribution in [2.45, 2.75) is 0 Å². The Morgan fingerprint density at radius 1 is 1.35 bits per heavy atom. The standard InChI is InChI=1S/C8H4N4O3S2/c13-7(9-8-10-17-11-16-8)5-1-3-6(4-2-5)12(14)15/h1-4H. The molecule has 1 amide bonds. The Bertz CT molecular complexity index is 575. The van der Waals surface area contributed by atoms with Gasteiger partial charge in [-0.1, -0.05) is 0 Å². The zero-order chi connectivity index (χ0) is 12.3. The minimum atomic E-state index is -0.530. The molecule has 1 aliphatic rings. The summed E-state index contributed by atoms with van der Waals surface area (Å²) in [5.74, 6) is -0.496. The fourth-order valence-corrected chi connectivity index (χ4v) is 2.04. The molecule has 0 aliphatic carbocycles. The summed E-state index contributed by atoms with van der Waals surface area (Å²) in [5.41, 5.74) is 0.204. The Labute approximate surface area is 103 Å². The van der Waals surface area contributed by atoms with Crippen LogP contribution in [0.2, 0.25) is 0 Å². The number of amides is 1. The first-order valence-corrected chi connectivity index (χ1v) is 5.79. The maximum atomic E-state index is 11.6. The zero-order valence-corrected chi connectivity index (χ0v) is 9.77. The Morgan fingerprint density at radius 2 is 2.06 bits per heavy atom. The molecule has 0 bridgehead atoms. The maximum absolute atomic E-state index is 11.6. The summed E-state index contributed by atoms with van der Waals surface area (Å²) in [6.45, 7) is 0. The number of non-ortho nitro benzene ring substituents is 1. The van der Waals surface area contributed by atoms with Crippen LogP contribution in [0.1, 0.15) is 10.4 Å². The third-order valence-electron chi connectivity index (χ3n) is 1.79. The molecule has 0 fully saturated rings. The number of nitro groups is 1. The van der Waals surface area contributed by atoms with Crippen LogP contribution < -0.4 is 0 Å². The summed E-state index contributed by atoms with van der Waals surface area (Å²) in [6, 6.07) is 5.22. The van der Waals surface area contributed by atoms with E-state index in [0.29, 0.717) is 0 Å². The number of carbonyl (C=O) groups is 1. The lowest BCUT2D eigenvalue weighted by Crippen LogP contribution is -1.98. The van der Waals surface area contributed by atoms with Crippen molar-refractivity contribution in [2.75, 3.05) is 0 Å². The highest BCUT2D eigenvalue weighted by Crippen LogP contribution is 2.15. The molecule has 86 valence electrons. The van der Waals surface area contributed by atoms with Crippen LogP contribution in [-0.2, 0) is 11.4 Å². The van der Waals surface area contributed by atoms with E-state index in [1.807, 2.05) is 0 Å². The largest absolute Gasteiger partial charge is 0.279 e. The van der Waals surface area contributed by atoms with Crippen LogP contribution >= 0.6 is 11.9 Å². The molecule has 0 spiro atoms. The van der Waals surface area contributed by atoms with Gasteiger partial charge < -0.3 is 0 Å². The Kier molecular flexibility index (Phi) is 3.40. The van der Waals surface area contributed by atoms with E-state index >= 15 is 0 Å². The van der Waals surface area contributed by atoms with Crippen LogP contribution in [-0.4, -0.2) is 16.0 Å². The predicted octanol–water partition coefficient (Wildman–Crippen LogP) is 2.20. The molecule has 1 aromatic rings. The number of nitrogens with zero attached hydrogens (tertiary/aromatic N) is 4. The van der Waals surface area contributed by atoms with Crippen LogP contribution in [0.4, 0.5) is 5.69 Å². The van der Waals surface area contributed by atoms with E-state index in [1.54, 1.807) is 0 Å². The highest BCUT2D eigenvalue weighted by atomic mass is 32.2. The first-order valence-electron chi connectivity index (χ1n) is 4.29. The summed E-state index contributed by atoms with van der Waals surface area (Å²) in [7, 11) is 0. The van der Waals surface area contributed by atoms with Crippen molar-refractivity contribution in [1.82, 2.24) is 0 Å². The monoisotopic (exact) mass is 268 g/mol. The van der Waals surface area contributed by atoms with E-state index in [2.05, 4.69) is 13.1 Å². The third kappa shape index (κ3) is 2.82. The molecule has 0 radical (unpaired) electrons. The molecule has 2 rings (SSSR count). The molecule has 0 unspecified atom stereocenters. The zero-order valence-electron chi connectivity index (χ0n) is 8.14. The Morgan fingerprint density at radius 3 is 2.59 bits per heavy atom. The van der Waals surface area contributed by atoms with Crippen LogP contribution in [0.3, 0.4) is 0 Å². The Hall–Kier alpha value is -1.87. The average Bonchev–Trinajstić information content (AvgIpc) is 2.82. The lowest BCUT2D eigenvalue weighted by molar-refractivity contribution is -0.384. The molecule has 1 heterocycles. The molecule has 7 nitrogen and oxygen atoms in total. The number of hydrogen-bond acceptors (Lipinski definition) is 5. The van der Waals surface area contributed by atoms with Gasteiger partial charge in [0, 0.05) is 17.7 Å². The van der Waals surface area contributed by atoms with Gasteiger partial charge >= 0.3 is 0 Å². The number of nitro benzene ring substituents is 1. The first-order chi connectivity index (χ1) is 8.16. The topological polar surface area (TPSA) is 97.3 Å². The fraction of sp³-hybridized carbons (Fsp3) is 0. The van der Waals surface area contributed by atoms with Gasteiger partial charge in [-0.2, -0.15) is 4.99 Å². The van der Waals surface area contributed by atoms with Gasteiger partial charge in [0.15, 0.2) is 0 Å². The van der Waals surface area contributed by atoms with E-state index < -0.39 is 10.8 Å². The molecular formula is C8H4N4O3S2. The van der Waals surface area contributed by atoms with Crippen LogP contribution in [0.15, 0.2) is 37.4 Å². The number of aliphatic imine (C=N–C) groups is 1. The van der Waals surface area contributed by atoms with Crippen molar-refractivity contribution >= 4 is 40.1 Å². The molecular weight excluding hydrogens is 264 g/mol. The van der Waals surface area contributed by atoms with Gasteiger partial charge in [0.2, 0.25) is 5.17 Å². The summed E-state index contributed by atoms with van der Waals surface area (Å²) in [6.07, 6.45) is 0. The van der Waals surface area contributed by atoms with Crippen LogP contribution in [0.25, 0.3) is 0 Å².